The molecule has 37 heavy (non-hydrogen) atoms. The van der Waals surface area contributed by atoms with Crippen LogP contribution in [-0.2, 0) is 13.0 Å². The van der Waals surface area contributed by atoms with E-state index < -0.39 is 0 Å². The average molecular weight is 505 g/mol. The van der Waals surface area contributed by atoms with E-state index in [1.807, 2.05) is 12.1 Å². The largest absolute Gasteiger partial charge is 0.497 e. The Morgan fingerprint density at radius 1 is 0.892 bits per heavy atom. The zero-order valence-electron chi connectivity index (χ0n) is 22.2. The maximum Gasteiger partial charge on any atom is 0.251 e. The predicted octanol–water partition coefficient (Wildman–Crippen LogP) is 5.03. The van der Waals surface area contributed by atoms with Crippen molar-refractivity contribution in [2.45, 2.75) is 38.4 Å². The highest BCUT2D eigenvalue weighted by atomic mass is 16.5. The molecule has 4 rings (SSSR count). The molecule has 196 valence electrons. The lowest BCUT2D eigenvalue weighted by molar-refractivity contribution is 0.0859. The second kappa shape index (κ2) is 12.0. The number of amides is 1. The number of rotatable bonds is 10. The molecule has 1 heterocycles. The third-order valence-corrected chi connectivity index (χ3v) is 7.06. The summed E-state index contributed by atoms with van der Waals surface area (Å²) in [5.41, 5.74) is 4.15. The Hall–Kier alpha value is -3.71. The first-order valence-corrected chi connectivity index (χ1v) is 12.6. The van der Waals surface area contributed by atoms with Gasteiger partial charge in [0.1, 0.15) is 11.5 Å². The number of fused-ring (bicyclic) bond motifs is 1. The Kier molecular flexibility index (Phi) is 8.56. The van der Waals surface area contributed by atoms with Gasteiger partial charge in [-0.1, -0.05) is 19.1 Å². The molecule has 0 unspecified atom stereocenters. The van der Waals surface area contributed by atoms with E-state index >= 15 is 0 Å². The van der Waals surface area contributed by atoms with Crippen LogP contribution < -0.4 is 24.3 Å². The molecule has 0 saturated carbocycles. The second-order valence-electron chi connectivity index (χ2n) is 9.14. The lowest BCUT2D eigenvalue weighted by Crippen LogP contribution is -2.48. The average Bonchev–Trinajstić information content (AvgIpc) is 2.95. The smallest absolute Gasteiger partial charge is 0.251 e. The zero-order chi connectivity index (χ0) is 26.4. The lowest BCUT2D eigenvalue weighted by Gasteiger charge is -2.42. The number of ether oxygens (including phenoxy) is 4. The lowest BCUT2D eigenvalue weighted by atomic mass is 9.86. The third-order valence-electron chi connectivity index (χ3n) is 7.06. The van der Waals surface area contributed by atoms with Gasteiger partial charge in [0.05, 0.1) is 34.5 Å². The van der Waals surface area contributed by atoms with E-state index in [0.29, 0.717) is 11.3 Å². The molecule has 7 heteroatoms. The molecule has 0 spiro atoms. The molecule has 0 fully saturated rings. The maximum absolute atomic E-state index is 13.3. The SMILES string of the molecule is CC[C@H](NC(=O)c1ccc(OC)cc1)[C@@H]1c2cc(OC)c(OC)cc2CCN1Cc1ccc(OC)cc1. The van der Waals surface area contributed by atoms with Gasteiger partial charge in [-0.2, -0.15) is 0 Å². The van der Waals surface area contributed by atoms with Crippen molar-refractivity contribution in [2.24, 2.45) is 0 Å². The first-order valence-electron chi connectivity index (χ1n) is 12.6. The van der Waals surface area contributed by atoms with Crippen molar-refractivity contribution in [3.8, 4) is 23.0 Å². The van der Waals surface area contributed by atoms with Gasteiger partial charge in [0.2, 0.25) is 0 Å². The molecule has 1 N–H and O–H groups in total. The van der Waals surface area contributed by atoms with Gasteiger partial charge in [-0.25, -0.2) is 0 Å². The van der Waals surface area contributed by atoms with Gasteiger partial charge in [0.25, 0.3) is 5.91 Å². The first kappa shape index (κ1) is 26.4. The summed E-state index contributed by atoms with van der Waals surface area (Å²) in [6.45, 7) is 3.71. The molecular weight excluding hydrogens is 468 g/mol. The summed E-state index contributed by atoms with van der Waals surface area (Å²) in [6, 6.07) is 19.3. The van der Waals surface area contributed by atoms with Crippen molar-refractivity contribution < 1.29 is 23.7 Å². The molecule has 1 amide bonds. The van der Waals surface area contributed by atoms with Gasteiger partial charge in [-0.05, 0) is 78.1 Å². The highest BCUT2D eigenvalue weighted by molar-refractivity contribution is 5.94. The molecule has 0 aromatic heterocycles. The van der Waals surface area contributed by atoms with Crippen LogP contribution in [0.15, 0.2) is 60.7 Å². The number of benzene rings is 3. The fraction of sp³-hybridized carbons (Fsp3) is 0.367. The third kappa shape index (κ3) is 5.83. The van der Waals surface area contributed by atoms with Crippen LogP contribution in [0.3, 0.4) is 0 Å². The second-order valence-corrected chi connectivity index (χ2v) is 9.14. The number of carbonyl (C=O) groups excluding carboxylic acids is 1. The van der Waals surface area contributed by atoms with Crippen molar-refractivity contribution in [2.75, 3.05) is 35.0 Å². The summed E-state index contributed by atoms with van der Waals surface area (Å²) in [4.78, 5) is 15.7. The van der Waals surface area contributed by atoms with E-state index in [1.165, 1.54) is 11.1 Å². The summed E-state index contributed by atoms with van der Waals surface area (Å²) < 4.78 is 21.8. The molecule has 2 atom stereocenters. The van der Waals surface area contributed by atoms with Crippen molar-refractivity contribution in [3.05, 3.63) is 82.9 Å². The zero-order valence-corrected chi connectivity index (χ0v) is 22.2. The fourth-order valence-electron chi connectivity index (χ4n) is 5.04. The van der Waals surface area contributed by atoms with Crippen molar-refractivity contribution in [1.29, 1.82) is 0 Å². The van der Waals surface area contributed by atoms with Crippen LogP contribution in [0.4, 0.5) is 0 Å². The molecule has 0 radical (unpaired) electrons. The van der Waals surface area contributed by atoms with Gasteiger partial charge in [-0.15, -0.1) is 0 Å². The molecule has 1 aliphatic rings. The minimum Gasteiger partial charge on any atom is -0.497 e. The quantitative estimate of drug-likeness (QED) is 0.418. The van der Waals surface area contributed by atoms with E-state index in [-0.39, 0.29) is 18.0 Å². The number of nitrogens with zero attached hydrogens (tertiary/aromatic N) is 1. The molecule has 0 bridgehead atoms. The number of methoxy groups -OCH3 is 4. The van der Waals surface area contributed by atoms with Crippen LogP contribution in [0.5, 0.6) is 23.0 Å². The van der Waals surface area contributed by atoms with E-state index in [9.17, 15) is 4.79 Å². The van der Waals surface area contributed by atoms with E-state index in [1.54, 1.807) is 52.7 Å². The molecule has 7 nitrogen and oxygen atoms in total. The van der Waals surface area contributed by atoms with Gasteiger partial charge < -0.3 is 24.3 Å². The van der Waals surface area contributed by atoms with Gasteiger partial charge in [0.15, 0.2) is 11.5 Å². The van der Waals surface area contributed by atoms with Crippen LogP contribution in [0, 0.1) is 0 Å². The van der Waals surface area contributed by atoms with Crippen LogP contribution in [-0.4, -0.2) is 51.8 Å². The van der Waals surface area contributed by atoms with Crippen LogP contribution >= 0.6 is 0 Å². The summed E-state index contributed by atoms with van der Waals surface area (Å²) in [5.74, 6) is 2.86. The Morgan fingerprint density at radius 3 is 2.05 bits per heavy atom. The van der Waals surface area contributed by atoms with Gasteiger partial charge >= 0.3 is 0 Å². The van der Waals surface area contributed by atoms with E-state index in [2.05, 4.69) is 41.4 Å². The van der Waals surface area contributed by atoms with Crippen molar-refractivity contribution in [3.63, 3.8) is 0 Å². The number of hydrogen-bond donors (Lipinski definition) is 1. The normalized spacial score (nSPS) is 15.9. The summed E-state index contributed by atoms with van der Waals surface area (Å²) >= 11 is 0. The standard InChI is InChI=1S/C30H36N2O5/c1-6-26(31-30(33)21-9-13-24(35-3)14-10-21)29-25-18-28(37-5)27(36-4)17-22(25)15-16-32(29)19-20-7-11-23(34-2)12-8-20/h7-14,17-18,26,29H,6,15-16,19H2,1-5H3,(H,31,33)/t26-,29-/m0/s1. The van der Waals surface area contributed by atoms with Gasteiger partial charge in [-0.3, -0.25) is 9.69 Å². The van der Waals surface area contributed by atoms with Crippen molar-refractivity contribution >= 4 is 5.91 Å². The highest BCUT2D eigenvalue weighted by Crippen LogP contribution is 2.40. The van der Waals surface area contributed by atoms with Crippen LogP contribution in [0.2, 0.25) is 0 Å². The molecule has 0 aliphatic carbocycles. The summed E-state index contributed by atoms with van der Waals surface area (Å²) in [5, 5.41) is 3.32. The first-order chi connectivity index (χ1) is 18.0. The summed E-state index contributed by atoms with van der Waals surface area (Å²) in [7, 11) is 6.60. The topological polar surface area (TPSA) is 69.3 Å². The Balaban J connectivity index is 1.69. The van der Waals surface area contributed by atoms with E-state index in [4.69, 9.17) is 18.9 Å². The molecule has 3 aromatic carbocycles. The Bertz CT molecular complexity index is 1190. The molecule has 1 aliphatic heterocycles. The molecular formula is C30H36N2O5. The highest BCUT2D eigenvalue weighted by Gasteiger charge is 2.35. The Labute approximate surface area is 219 Å². The van der Waals surface area contributed by atoms with Gasteiger partial charge in [0, 0.05) is 24.7 Å². The van der Waals surface area contributed by atoms with Crippen molar-refractivity contribution in [1.82, 2.24) is 10.2 Å². The van der Waals surface area contributed by atoms with Crippen LogP contribution in [0.25, 0.3) is 0 Å². The predicted molar refractivity (Wildman–Crippen MR) is 144 cm³/mol. The summed E-state index contributed by atoms with van der Waals surface area (Å²) in [6.07, 6.45) is 1.64. The van der Waals surface area contributed by atoms with Crippen LogP contribution in [0.1, 0.15) is 46.4 Å². The Morgan fingerprint density at radius 2 is 1.49 bits per heavy atom. The number of carbonyl (C=O) groups is 1. The minimum absolute atomic E-state index is 0.0437. The minimum atomic E-state index is -0.120. The number of hydrogen-bond acceptors (Lipinski definition) is 6. The van der Waals surface area contributed by atoms with E-state index in [0.717, 1.165) is 48.7 Å². The molecule has 3 aromatic rings. The maximum atomic E-state index is 13.3. The number of nitrogens with one attached hydrogen (secondary N) is 1. The molecule has 0 saturated heterocycles. The monoisotopic (exact) mass is 504 g/mol. The fourth-order valence-corrected chi connectivity index (χ4v) is 5.04.